The fourth-order valence-corrected chi connectivity index (χ4v) is 3.44. The number of nitrogens with zero attached hydrogens (tertiary/aromatic N) is 3. The number of esters is 1. The van der Waals surface area contributed by atoms with Crippen LogP contribution in [-0.2, 0) is 16.0 Å². The molecule has 0 spiro atoms. The highest BCUT2D eigenvalue weighted by atomic mass is 16.5. The summed E-state index contributed by atoms with van der Waals surface area (Å²) >= 11 is 0. The Balaban J connectivity index is 1.43. The summed E-state index contributed by atoms with van der Waals surface area (Å²) in [5, 5.41) is 4.24. The number of carbonyl (C=O) groups is 2. The zero-order valence-corrected chi connectivity index (χ0v) is 15.8. The molecule has 2 aromatic carbocycles. The number of ether oxygens (including phenoxy) is 1. The third-order valence-electron chi connectivity index (χ3n) is 4.96. The Hall–Kier alpha value is -3.41. The van der Waals surface area contributed by atoms with Gasteiger partial charge in [0.25, 0.3) is 5.91 Å². The molecule has 1 aliphatic heterocycles. The summed E-state index contributed by atoms with van der Waals surface area (Å²) in [4.78, 5) is 26.9. The molecule has 0 saturated heterocycles. The molecule has 1 aromatic heterocycles. The van der Waals surface area contributed by atoms with E-state index in [9.17, 15) is 9.59 Å². The van der Waals surface area contributed by atoms with Crippen molar-refractivity contribution in [3.05, 3.63) is 77.6 Å². The molecule has 1 aliphatic rings. The third kappa shape index (κ3) is 3.29. The standard InChI is InChI=1S/C22H21N3O3/c1-15-11-13-23-25(15)19-9-7-18(8-10-19)22(27)28-16(2)21(26)24-14-12-17-5-3-4-6-20(17)24/h3-11,13,16H,12,14H2,1-2H3/t16-/m1/s1. The molecule has 3 aromatic rings. The van der Waals surface area contributed by atoms with Gasteiger partial charge in [-0.05, 0) is 62.2 Å². The summed E-state index contributed by atoms with van der Waals surface area (Å²) in [6, 6.07) is 16.7. The summed E-state index contributed by atoms with van der Waals surface area (Å²) in [5.41, 5.74) is 4.29. The maximum absolute atomic E-state index is 12.8. The first kappa shape index (κ1) is 18.0. The lowest BCUT2D eigenvalue weighted by Crippen LogP contribution is -2.39. The lowest BCUT2D eigenvalue weighted by molar-refractivity contribution is -0.126. The summed E-state index contributed by atoms with van der Waals surface area (Å²) in [6.45, 7) is 4.18. The largest absolute Gasteiger partial charge is 0.449 e. The number of rotatable bonds is 4. The molecule has 28 heavy (non-hydrogen) atoms. The van der Waals surface area contributed by atoms with E-state index in [1.54, 1.807) is 47.0 Å². The number of fused-ring (bicyclic) bond motifs is 1. The van der Waals surface area contributed by atoms with Crippen molar-refractivity contribution in [2.75, 3.05) is 11.4 Å². The van der Waals surface area contributed by atoms with E-state index >= 15 is 0 Å². The van der Waals surface area contributed by atoms with Gasteiger partial charge in [-0.1, -0.05) is 18.2 Å². The maximum atomic E-state index is 12.8. The van der Waals surface area contributed by atoms with Crippen LogP contribution in [-0.4, -0.2) is 34.3 Å². The molecular weight excluding hydrogens is 354 g/mol. The van der Waals surface area contributed by atoms with E-state index in [4.69, 9.17) is 4.74 Å². The second kappa shape index (κ2) is 7.31. The molecule has 0 aliphatic carbocycles. The smallest absolute Gasteiger partial charge is 0.338 e. The average Bonchev–Trinajstić information content (AvgIpc) is 3.33. The topological polar surface area (TPSA) is 64.4 Å². The fraction of sp³-hybridized carbons (Fsp3) is 0.227. The molecule has 1 atom stereocenters. The van der Waals surface area contributed by atoms with Gasteiger partial charge in [-0.25, -0.2) is 9.48 Å². The minimum absolute atomic E-state index is 0.206. The minimum atomic E-state index is -0.855. The first-order chi connectivity index (χ1) is 13.5. The number of hydrogen-bond acceptors (Lipinski definition) is 4. The molecule has 6 heteroatoms. The Labute approximate surface area is 163 Å². The highest BCUT2D eigenvalue weighted by Gasteiger charge is 2.29. The Morgan fingerprint density at radius 2 is 1.82 bits per heavy atom. The molecule has 0 bridgehead atoms. The van der Waals surface area contributed by atoms with Crippen molar-refractivity contribution in [1.29, 1.82) is 0 Å². The normalized spacial score (nSPS) is 13.9. The van der Waals surface area contributed by atoms with E-state index in [2.05, 4.69) is 5.10 Å². The van der Waals surface area contributed by atoms with Crippen molar-refractivity contribution in [3.8, 4) is 5.69 Å². The molecule has 1 amide bonds. The first-order valence-corrected chi connectivity index (χ1v) is 9.26. The summed E-state index contributed by atoms with van der Waals surface area (Å²) < 4.78 is 7.21. The molecule has 0 unspecified atom stereocenters. The van der Waals surface area contributed by atoms with E-state index in [-0.39, 0.29) is 5.91 Å². The molecule has 0 N–H and O–H groups in total. The van der Waals surface area contributed by atoms with Gasteiger partial charge in [0.15, 0.2) is 6.10 Å². The van der Waals surface area contributed by atoms with E-state index in [0.717, 1.165) is 29.1 Å². The zero-order chi connectivity index (χ0) is 19.7. The van der Waals surface area contributed by atoms with Gasteiger partial charge in [0, 0.05) is 24.1 Å². The Morgan fingerprint density at radius 3 is 2.54 bits per heavy atom. The van der Waals surface area contributed by atoms with Crippen molar-refractivity contribution < 1.29 is 14.3 Å². The number of para-hydroxylation sites is 1. The molecule has 0 radical (unpaired) electrons. The van der Waals surface area contributed by atoms with Gasteiger partial charge < -0.3 is 9.64 Å². The van der Waals surface area contributed by atoms with Crippen LogP contribution in [0.5, 0.6) is 0 Å². The second-order valence-electron chi connectivity index (χ2n) is 6.85. The van der Waals surface area contributed by atoms with Crippen LogP contribution < -0.4 is 4.90 Å². The molecule has 2 heterocycles. The molecule has 0 saturated carbocycles. The highest BCUT2D eigenvalue weighted by Crippen LogP contribution is 2.28. The van der Waals surface area contributed by atoms with Crippen molar-refractivity contribution >= 4 is 17.6 Å². The van der Waals surface area contributed by atoms with Gasteiger partial charge >= 0.3 is 5.97 Å². The SMILES string of the molecule is Cc1ccnn1-c1ccc(C(=O)O[C@H](C)C(=O)N2CCc3ccccc32)cc1. The molecule has 4 rings (SSSR count). The highest BCUT2D eigenvalue weighted by molar-refractivity contribution is 6.00. The predicted molar refractivity (Wildman–Crippen MR) is 106 cm³/mol. The number of anilines is 1. The predicted octanol–water partition coefficient (Wildman–Crippen LogP) is 3.32. The van der Waals surface area contributed by atoms with Crippen LogP contribution in [0.3, 0.4) is 0 Å². The Kier molecular flexibility index (Phi) is 4.69. The van der Waals surface area contributed by atoms with Gasteiger partial charge in [0.2, 0.25) is 0 Å². The van der Waals surface area contributed by atoms with Gasteiger partial charge in [-0.15, -0.1) is 0 Å². The second-order valence-corrected chi connectivity index (χ2v) is 6.85. The quantitative estimate of drug-likeness (QED) is 0.656. The van der Waals surface area contributed by atoms with Crippen LogP contribution in [0.2, 0.25) is 0 Å². The van der Waals surface area contributed by atoms with Crippen molar-refractivity contribution in [2.45, 2.75) is 26.4 Å². The van der Waals surface area contributed by atoms with E-state index in [1.807, 2.05) is 37.3 Å². The number of carbonyl (C=O) groups excluding carboxylic acids is 2. The summed E-state index contributed by atoms with van der Waals surface area (Å²) in [7, 11) is 0. The van der Waals surface area contributed by atoms with Crippen LogP contribution in [0.25, 0.3) is 5.69 Å². The number of hydrogen-bond donors (Lipinski definition) is 0. The molecular formula is C22H21N3O3. The van der Waals surface area contributed by atoms with Gasteiger partial charge in [0.05, 0.1) is 11.3 Å². The molecule has 0 fully saturated rings. The lowest BCUT2D eigenvalue weighted by atomic mass is 10.2. The maximum Gasteiger partial charge on any atom is 0.338 e. The fourth-order valence-electron chi connectivity index (χ4n) is 3.44. The zero-order valence-electron chi connectivity index (χ0n) is 15.8. The number of benzene rings is 2. The Bertz CT molecular complexity index is 1020. The third-order valence-corrected chi connectivity index (χ3v) is 4.96. The van der Waals surface area contributed by atoms with Gasteiger partial charge in [0.1, 0.15) is 0 Å². The average molecular weight is 375 g/mol. The van der Waals surface area contributed by atoms with Crippen LogP contribution in [0.15, 0.2) is 60.8 Å². The van der Waals surface area contributed by atoms with Crippen LogP contribution in [0, 0.1) is 6.92 Å². The molecule has 6 nitrogen and oxygen atoms in total. The van der Waals surface area contributed by atoms with Gasteiger partial charge in [-0.2, -0.15) is 5.10 Å². The van der Waals surface area contributed by atoms with Crippen molar-refractivity contribution in [2.24, 2.45) is 0 Å². The van der Waals surface area contributed by atoms with Crippen LogP contribution in [0.1, 0.15) is 28.5 Å². The van der Waals surface area contributed by atoms with E-state index < -0.39 is 12.1 Å². The minimum Gasteiger partial charge on any atom is -0.449 e. The number of aryl methyl sites for hydroxylation is 1. The van der Waals surface area contributed by atoms with Crippen molar-refractivity contribution in [1.82, 2.24) is 9.78 Å². The first-order valence-electron chi connectivity index (χ1n) is 9.26. The Morgan fingerprint density at radius 1 is 1.07 bits per heavy atom. The number of amides is 1. The van der Waals surface area contributed by atoms with Gasteiger partial charge in [-0.3, -0.25) is 4.79 Å². The van der Waals surface area contributed by atoms with E-state index in [0.29, 0.717) is 12.1 Å². The summed E-state index contributed by atoms with van der Waals surface area (Å²) in [6.07, 6.45) is 1.68. The van der Waals surface area contributed by atoms with Crippen molar-refractivity contribution in [3.63, 3.8) is 0 Å². The molecule has 142 valence electrons. The lowest BCUT2D eigenvalue weighted by Gasteiger charge is -2.21. The number of aromatic nitrogens is 2. The van der Waals surface area contributed by atoms with Crippen LogP contribution >= 0.6 is 0 Å². The van der Waals surface area contributed by atoms with Crippen LogP contribution in [0.4, 0.5) is 5.69 Å². The van der Waals surface area contributed by atoms with E-state index in [1.165, 1.54) is 0 Å². The summed E-state index contributed by atoms with van der Waals surface area (Å²) in [5.74, 6) is -0.723. The monoisotopic (exact) mass is 375 g/mol.